The third kappa shape index (κ3) is 4.25. The molecule has 0 aliphatic carbocycles. The van der Waals surface area contributed by atoms with E-state index in [2.05, 4.69) is 15.5 Å². The van der Waals surface area contributed by atoms with E-state index in [1.165, 1.54) is 6.92 Å². The van der Waals surface area contributed by atoms with Crippen LogP contribution < -0.4 is 10.9 Å². The lowest BCUT2D eigenvalue weighted by atomic mass is 10.1. The van der Waals surface area contributed by atoms with Gasteiger partial charge in [-0.05, 0) is 38.5 Å². The molecule has 1 unspecified atom stereocenters. The lowest BCUT2D eigenvalue weighted by Gasteiger charge is -2.15. The molecule has 2 N–H and O–H groups in total. The first-order valence-electron chi connectivity index (χ1n) is 8.89. The average Bonchev–Trinajstić information content (AvgIpc) is 2.66. The Bertz CT molecular complexity index is 1100. The van der Waals surface area contributed by atoms with Crippen LogP contribution in [0, 0.1) is 13.8 Å². The lowest BCUT2D eigenvalue weighted by Crippen LogP contribution is -2.31. The number of rotatable bonds is 5. The van der Waals surface area contributed by atoms with Crippen LogP contribution in [0.2, 0.25) is 0 Å². The Morgan fingerprint density at radius 1 is 1.14 bits per heavy atom. The molecule has 0 aliphatic rings. The molecule has 3 aromatic rings. The van der Waals surface area contributed by atoms with E-state index in [1.54, 1.807) is 24.3 Å². The maximum absolute atomic E-state index is 12.3. The summed E-state index contributed by atoms with van der Waals surface area (Å²) in [4.78, 5) is 36.4. The number of aryl methyl sites for hydroxylation is 2. The predicted octanol–water partition coefficient (Wildman–Crippen LogP) is 2.65. The van der Waals surface area contributed by atoms with E-state index in [9.17, 15) is 14.4 Å². The molecule has 144 valence electrons. The molecule has 28 heavy (non-hydrogen) atoms. The average molecular weight is 379 g/mol. The molecule has 1 atom stereocenters. The normalized spacial score (nSPS) is 11.8. The highest BCUT2D eigenvalue weighted by Gasteiger charge is 2.20. The zero-order valence-electron chi connectivity index (χ0n) is 15.9. The van der Waals surface area contributed by atoms with Gasteiger partial charge in [0.1, 0.15) is 0 Å². The van der Waals surface area contributed by atoms with Gasteiger partial charge in [-0.25, -0.2) is 5.10 Å². The van der Waals surface area contributed by atoms with Crippen LogP contribution in [-0.2, 0) is 20.7 Å². The summed E-state index contributed by atoms with van der Waals surface area (Å²) >= 11 is 0. The van der Waals surface area contributed by atoms with Crippen LogP contribution in [0.15, 0.2) is 47.3 Å². The molecule has 2 aromatic carbocycles. The number of anilines is 1. The minimum atomic E-state index is -0.970. The first kappa shape index (κ1) is 19.3. The summed E-state index contributed by atoms with van der Waals surface area (Å²) in [6.07, 6.45) is -1.12. The molecule has 1 aromatic heterocycles. The van der Waals surface area contributed by atoms with E-state index in [1.807, 2.05) is 32.0 Å². The Hall–Kier alpha value is -3.48. The number of H-pyrrole nitrogens is 1. The summed E-state index contributed by atoms with van der Waals surface area (Å²) in [6.45, 7) is 5.37. The number of aromatic amines is 1. The number of fused-ring (bicyclic) bond motifs is 1. The van der Waals surface area contributed by atoms with Gasteiger partial charge >= 0.3 is 5.97 Å². The van der Waals surface area contributed by atoms with Crippen molar-refractivity contribution >= 4 is 28.3 Å². The summed E-state index contributed by atoms with van der Waals surface area (Å²) < 4.78 is 5.25. The highest BCUT2D eigenvalue weighted by atomic mass is 16.5. The number of nitrogens with one attached hydrogen (secondary N) is 2. The van der Waals surface area contributed by atoms with Crippen molar-refractivity contribution in [3.63, 3.8) is 0 Å². The van der Waals surface area contributed by atoms with Crippen molar-refractivity contribution < 1.29 is 14.3 Å². The second-order valence-electron chi connectivity index (χ2n) is 6.66. The minimum absolute atomic E-state index is 0.154. The number of ether oxygens (including phenoxy) is 1. The standard InChI is InChI=1S/C21H21N3O4/c1-12-8-9-17(13(2)10-12)22-20(26)14(3)28-19(25)11-18-15-6-4-5-7-16(15)21(27)24-23-18/h4-10,14H,11H2,1-3H3,(H,22,26)(H,24,27). The third-order valence-corrected chi connectivity index (χ3v) is 4.40. The molecule has 7 heteroatoms. The molecule has 7 nitrogen and oxygen atoms in total. The Kier molecular flexibility index (Phi) is 5.54. The molecule has 0 saturated heterocycles. The van der Waals surface area contributed by atoms with Crippen LogP contribution >= 0.6 is 0 Å². The second-order valence-corrected chi connectivity index (χ2v) is 6.66. The van der Waals surface area contributed by atoms with Crippen LogP contribution in [0.5, 0.6) is 0 Å². The number of amides is 1. The van der Waals surface area contributed by atoms with Crippen molar-refractivity contribution in [2.75, 3.05) is 5.32 Å². The van der Waals surface area contributed by atoms with Crippen molar-refractivity contribution in [1.82, 2.24) is 10.2 Å². The largest absolute Gasteiger partial charge is 0.452 e. The van der Waals surface area contributed by atoms with Crippen molar-refractivity contribution in [1.29, 1.82) is 0 Å². The Morgan fingerprint density at radius 2 is 1.86 bits per heavy atom. The highest BCUT2D eigenvalue weighted by molar-refractivity contribution is 5.96. The van der Waals surface area contributed by atoms with Gasteiger partial charge in [0, 0.05) is 11.1 Å². The highest BCUT2D eigenvalue weighted by Crippen LogP contribution is 2.17. The van der Waals surface area contributed by atoms with Crippen LogP contribution in [-0.4, -0.2) is 28.2 Å². The van der Waals surface area contributed by atoms with Gasteiger partial charge in [-0.15, -0.1) is 0 Å². The number of hydrogen-bond acceptors (Lipinski definition) is 5. The fourth-order valence-electron chi connectivity index (χ4n) is 2.92. The zero-order valence-corrected chi connectivity index (χ0v) is 15.9. The van der Waals surface area contributed by atoms with Crippen molar-refractivity contribution in [3.8, 4) is 0 Å². The summed E-state index contributed by atoms with van der Waals surface area (Å²) in [7, 11) is 0. The van der Waals surface area contributed by atoms with Crippen molar-refractivity contribution in [3.05, 3.63) is 69.6 Å². The third-order valence-electron chi connectivity index (χ3n) is 4.40. The van der Waals surface area contributed by atoms with Gasteiger partial charge in [-0.3, -0.25) is 14.4 Å². The number of benzene rings is 2. The van der Waals surface area contributed by atoms with Gasteiger partial charge in [0.05, 0.1) is 17.5 Å². The maximum atomic E-state index is 12.3. The number of aromatic nitrogens is 2. The molecule has 0 radical (unpaired) electrons. The quantitative estimate of drug-likeness (QED) is 0.664. The van der Waals surface area contributed by atoms with E-state index in [-0.39, 0.29) is 12.0 Å². The molecule has 0 spiro atoms. The number of hydrogen-bond donors (Lipinski definition) is 2. The van der Waals surface area contributed by atoms with Gasteiger partial charge in [-0.1, -0.05) is 35.9 Å². The van der Waals surface area contributed by atoms with Gasteiger partial charge in [0.25, 0.3) is 11.5 Å². The molecule has 1 heterocycles. The fourth-order valence-corrected chi connectivity index (χ4v) is 2.92. The monoisotopic (exact) mass is 379 g/mol. The van der Waals surface area contributed by atoms with E-state index in [4.69, 9.17) is 4.74 Å². The maximum Gasteiger partial charge on any atom is 0.312 e. The first-order chi connectivity index (χ1) is 13.3. The summed E-state index contributed by atoms with van der Waals surface area (Å²) in [6, 6.07) is 12.5. The molecule has 0 fully saturated rings. The van der Waals surface area contributed by atoms with Crippen LogP contribution in [0.3, 0.4) is 0 Å². The Labute approximate surface area is 161 Å². The molecular formula is C21H21N3O4. The minimum Gasteiger partial charge on any atom is -0.452 e. The van der Waals surface area contributed by atoms with E-state index in [0.717, 1.165) is 11.1 Å². The van der Waals surface area contributed by atoms with E-state index in [0.29, 0.717) is 22.2 Å². The van der Waals surface area contributed by atoms with Gasteiger partial charge in [0.2, 0.25) is 0 Å². The summed E-state index contributed by atoms with van der Waals surface area (Å²) in [5.41, 5.74) is 2.76. The number of carbonyl (C=O) groups is 2. The molecule has 3 rings (SSSR count). The predicted molar refractivity (Wildman–Crippen MR) is 106 cm³/mol. The van der Waals surface area contributed by atoms with Gasteiger partial charge in [-0.2, -0.15) is 5.10 Å². The van der Waals surface area contributed by atoms with Crippen molar-refractivity contribution in [2.24, 2.45) is 0 Å². The first-order valence-corrected chi connectivity index (χ1v) is 8.89. The van der Waals surface area contributed by atoms with Crippen molar-refractivity contribution in [2.45, 2.75) is 33.3 Å². The SMILES string of the molecule is Cc1ccc(NC(=O)C(C)OC(=O)Cc2n[nH]c(=O)c3ccccc23)c(C)c1. The van der Waals surface area contributed by atoms with Crippen LogP contribution in [0.25, 0.3) is 10.8 Å². The van der Waals surface area contributed by atoms with Crippen LogP contribution in [0.1, 0.15) is 23.7 Å². The zero-order chi connectivity index (χ0) is 20.3. The van der Waals surface area contributed by atoms with Gasteiger partial charge in [0.15, 0.2) is 6.10 Å². The summed E-state index contributed by atoms with van der Waals surface area (Å²) in [5, 5.41) is 10.1. The number of carbonyl (C=O) groups excluding carboxylic acids is 2. The molecule has 0 saturated carbocycles. The van der Waals surface area contributed by atoms with E-state index >= 15 is 0 Å². The topological polar surface area (TPSA) is 101 Å². The van der Waals surface area contributed by atoms with Gasteiger partial charge < -0.3 is 10.1 Å². The lowest BCUT2D eigenvalue weighted by molar-refractivity contribution is -0.152. The smallest absolute Gasteiger partial charge is 0.312 e. The number of esters is 1. The van der Waals surface area contributed by atoms with E-state index < -0.39 is 18.0 Å². The molecule has 1 amide bonds. The Morgan fingerprint density at radius 3 is 2.57 bits per heavy atom. The number of nitrogens with zero attached hydrogens (tertiary/aromatic N) is 1. The molecular weight excluding hydrogens is 358 g/mol. The Balaban J connectivity index is 1.67. The van der Waals surface area contributed by atoms with Crippen LogP contribution in [0.4, 0.5) is 5.69 Å². The second kappa shape index (κ2) is 8.04. The molecule has 0 bridgehead atoms. The molecule has 0 aliphatic heterocycles. The fraction of sp³-hybridized carbons (Fsp3) is 0.238. The summed E-state index contributed by atoms with van der Waals surface area (Å²) in [5.74, 6) is -1.02.